The number of amides is 1. The summed E-state index contributed by atoms with van der Waals surface area (Å²) in [7, 11) is -3.36. The van der Waals surface area contributed by atoms with Gasteiger partial charge >= 0.3 is 0 Å². The number of aryl methyl sites for hydroxylation is 1. The van der Waals surface area contributed by atoms with Gasteiger partial charge in [-0.2, -0.15) is 0 Å². The van der Waals surface area contributed by atoms with E-state index in [0.29, 0.717) is 36.5 Å². The van der Waals surface area contributed by atoms with Gasteiger partial charge < -0.3 is 5.32 Å². The summed E-state index contributed by atoms with van der Waals surface area (Å²) in [5, 5.41) is 3.46. The van der Waals surface area contributed by atoms with Crippen LogP contribution in [0.5, 0.6) is 0 Å². The van der Waals surface area contributed by atoms with Gasteiger partial charge in [-0.1, -0.05) is 41.9 Å². The molecule has 28 heavy (non-hydrogen) atoms. The van der Waals surface area contributed by atoms with E-state index in [0.717, 1.165) is 12.0 Å². The molecule has 0 radical (unpaired) electrons. The molecule has 1 aliphatic rings. The van der Waals surface area contributed by atoms with Crippen LogP contribution in [0.3, 0.4) is 0 Å². The Morgan fingerprint density at radius 2 is 1.82 bits per heavy atom. The first-order chi connectivity index (χ1) is 13.4. The van der Waals surface area contributed by atoms with Crippen molar-refractivity contribution in [3.05, 3.63) is 65.2 Å². The number of halogens is 1. The van der Waals surface area contributed by atoms with Gasteiger partial charge in [0.25, 0.3) is 0 Å². The fraction of sp³-hybridized carbons (Fsp3) is 0.381. The standard InChI is InChI=1S/C21H25ClN2O3S/c22-19-10-12-20(13-11-19)23-21(25)18-9-4-14-24(16-18)28(26,27)15-5-8-17-6-2-1-3-7-17/h1-3,6-7,10-13,18H,4-5,8-9,14-16H2,(H,23,25)/t18-/m0/s1. The predicted molar refractivity (Wildman–Crippen MR) is 113 cm³/mol. The van der Waals surface area contributed by atoms with Gasteiger partial charge in [-0.05, 0) is 55.5 Å². The fourth-order valence-electron chi connectivity index (χ4n) is 3.42. The van der Waals surface area contributed by atoms with Crippen LogP contribution in [0.25, 0.3) is 0 Å². The highest BCUT2D eigenvalue weighted by molar-refractivity contribution is 7.89. The van der Waals surface area contributed by atoms with Crippen LogP contribution >= 0.6 is 11.6 Å². The molecule has 0 unspecified atom stereocenters. The fourth-order valence-corrected chi connectivity index (χ4v) is 5.13. The maximum absolute atomic E-state index is 12.7. The molecule has 3 rings (SSSR count). The second-order valence-electron chi connectivity index (χ2n) is 7.10. The van der Waals surface area contributed by atoms with E-state index in [2.05, 4.69) is 5.32 Å². The Morgan fingerprint density at radius 1 is 1.11 bits per heavy atom. The Morgan fingerprint density at radius 3 is 2.54 bits per heavy atom. The van der Waals surface area contributed by atoms with E-state index in [1.807, 2.05) is 30.3 Å². The molecule has 1 saturated heterocycles. The lowest BCUT2D eigenvalue weighted by molar-refractivity contribution is -0.120. The minimum absolute atomic E-state index is 0.105. The summed E-state index contributed by atoms with van der Waals surface area (Å²) in [5.41, 5.74) is 1.80. The number of carbonyl (C=O) groups excluding carboxylic acids is 1. The number of rotatable bonds is 7. The third-order valence-corrected chi connectivity index (χ3v) is 7.15. The van der Waals surface area contributed by atoms with Gasteiger partial charge in [0.05, 0.1) is 11.7 Å². The molecule has 0 aromatic heterocycles. The Bertz CT molecular complexity index is 886. The molecule has 5 nitrogen and oxygen atoms in total. The highest BCUT2D eigenvalue weighted by Gasteiger charge is 2.32. The summed E-state index contributed by atoms with van der Waals surface area (Å²) >= 11 is 5.86. The maximum atomic E-state index is 12.7. The lowest BCUT2D eigenvalue weighted by atomic mass is 9.99. The summed E-state index contributed by atoms with van der Waals surface area (Å²) in [4.78, 5) is 12.6. The minimum Gasteiger partial charge on any atom is -0.326 e. The largest absolute Gasteiger partial charge is 0.326 e. The minimum atomic E-state index is -3.36. The average molecular weight is 421 g/mol. The van der Waals surface area contributed by atoms with Gasteiger partial charge in [0.1, 0.15) is 0 Å². The first-order valence-electron chi connectivity index (χ1n) is 9.52. The molecule has 1 atom stereocenters. The molecular weight excluding hydrogens is 396 g/mol. The van der Waals surface area contributed by atoms with Crippen LogP contribution in [-0.2, 0) is 21.2 Å². The third kappa shape index (κ3) is 5.80. The number of hydrogen-bond acceptors (Lipinski definition) is 3. The molecule has 1 aliphatic heterocycles. The number of sulfonamides is 1. The maximum Gasteiger partial charge on any atom is 0.228 e. The Balaban J connectivity index is 1.53. The average Bonchev–Trinajstić information content (AvgIpc) is 2.70. The van der Waals surface area contributed by atoms with Crippen molar-refractivity contribution in [3.8, 4) is 0 Å². The lowest BCUT2D eigenvalue weighted by Gasteiger charge is -2.31. The molecule has 0 spiro atoms. The third-order valence-electron chi connectivity index (χ3n) is 4.97. The second-order valence-corrected chi connectivity index (χ2v) is 9.62. The Hall–Kier alpha value is -1.89. The van der Waals surface area contributed by atoms with Crippen LogP contribution in [0.1, 0.15) is 24.8 Å². The van der Waals surface area contributed by atoms with Crippen LogP contribution < -0.4 is 5.32 Å². The zero-order chi connectivity index (χ0) is 20.0. The van der Waals surface area contributed by atoms with Gasteiger partial charge in [-0.3, -0.25) is 4.79 Å². The lowest BCUT2D eigenvalue weighted by Crippen LogP contribution is -2.44. The van der Waals surface area contributed by atoms with Gasteiger partial charge in [-0.25, -0.2) is 12.7 Å². The molecule has 0 saturated carbocycles. The zero-order valence-electron chi connectivity index (χ0n) is 15.7. The number of anilines is 1. The molecule has 1 fully saturated rings. The van der Waals surface area contributed by atoms with Crippen LogP contribution in [0.15, 0.2) is 54.6 Å². The van der Waals surface area contributed by atoms with Crippen molar-refractivity contribution in [1.29, 1.82) is 0 Å². The van der Waals surface area contributed by atoms with Crippen molar-refractivity contribution < 1.29 is 13.2 Å². The van der Waals surface area contributed by atoms with Crippen LogP contribution in [0.2, 0.25) is 5.02 Å². The molecule has 150 valence electrons. The first-order valence-corrected chi connectivity index (χ1v) is 11.5. The number of hydrogen-bond donors (Lipinski definition) is 1. The summed E-state index contributed by atoms with van der Waals surface area (Å²) in [6.45, 7) is 0.728. The van der Waals surface area contributed by atoms with E-state index in [9.17, 15) is 13.2 Å². The number of nitrogens with zero attached hydrogens (tertiary/aromatic N) is 1. The van der Waals surface area contributed by atoms with Gasteiger partial charge in [0.15, 0.2) is 0 Å². The molecule has 0 bridgehead atoms. The first kappa shape index (κ1) is 20.8. The molecule has 2 aromatic rings. The van der Waals surface area contributed by atoms with E-state index in [1.54, 1.807) is 24.3 Å². The Kier molecular flexibility index (Phi) is 7.10. The zero-order valence-corrected chi connectivity index (χ0v) is 17.3. The van der Waals surface area contributed by atoms with E-state index < -0.39 is 10.0 Å². The number of carbonyl (C=O) groups is 1. The molecule has 7 heteroatoms. The van der Waals surface area contributed by atoms with E-state index >= 15 is 0 Å². The summed E-state index contributed by atoms with van der Waals surface area (Å²) in [5.74, 6) is -0.382. The van der Waals surface area contributed by atoms with Crippen molar-refractivity contribution in [2.45, 2.75) is 25.7 Å². The van der Waals surface area contributed by atoms with Crippen molar-refractivity contribution in [1.82, 2.24) is 4.31 Å². The monoisotopic (exact) mass is 420 g/mol. The van der Waals surface area contributed by atoms with E-state index in [4.69, 9.17) is 11.6 Å². The summed E-state index contributed by atoms with van der Waals surface area (Å²) in [6, 6.07) is 16.8. The predicted octanol–water partition coefficient (Wildman–Crippen LogP) is 3.95. The molecular formula is C21H25ClN2O3S. The van der Waals surface area contributed by atoms with Crippen molar-refractivity contribution >= 4 is 33.2 Å². The molecule has 1 amide bonds. The van der Waals surface area contributed by atoms with Gasteiger partial charge in [0, 0.05) is 23.8 Å². The topological polar surface area (TPSA) is 66.5 Å². The van der Waals surface area contributed by atoms with Gasteiger partial charge in [-0.15, -0.1) is 0 Å². The number of nitrogens with one attached hydrogen (secondary N) is 1. The molecule has 2 aromatic carbocycles. The number of piperidine rings is 1. The smallest absolute Gasteiger partial charge is 0.228 e. The highest BCUT2D eigenvalue weighted by atomic mass is 35.5. The quantitative estimate of drug-likeness (QED) is 0.737. The van der Waals surface area contributed by atoms with Gasteiger partial charge in [0.2, 0.25) is 15.9 Å². The van der Waals surface area contributed by atoms with Crippen LogP contribution in [-0.4, -0.2) is 37.5 Å². The number of benzene rings is 2. The van der Waals surface area contributed by atoms with Crippen molar-refractivity contribution in [2.75, 3.05) is 24.2 Å². The molecule has 1 heterocycles. The van der Waals surface area contributed by atoms with Crippen LogP contribution in [0, 0.1) is 5.92 Å². The highest BCUT2D eigenvalue weighted by Crippen LogP contribution is 2.22. The van der Waals surface area contributed by atoms with Crippen molar-refractivity contribution in [3.63, 3.8) is 0 Å². The summed E-state index contributed by atoms with van der Waals surface area (Å²) < 4.78 is 26.9. The second kappa shape index (κ2) is 9.54. The molecule has 0 aliphatic carbocycles. The SMILES string of the molecule is O=C(Nc1ccc(Cl)cc1)[C@H]1CCCN(S(=O)(=O)CCCc2ccccc2)C1. The summed E-state index contributed by atoms with van der Waals surface area (Å²) in [6.07, 6.45) is 2.69. The molecule has 1 N–H and O–H groups in total. The Labute approximate surface area is 171 Å². The normalized spacial score (nSPS) is 18.0. The van der Waals surface area contributed by atoms with Crippen LogP contribution in [0.4, 0.5) is 5.69 Å². The van der Waals surface area contributed by atoms with Crippen molar-refractivity contribution in [2.24, 2.45) is 5.92 Å². The van der Waals surface area contributed by atoms with E-state index in [-0.39, 0.29) is 24.1 Å². The van der Waals surface area contributed by atoms with E-state index in [1.165, 1.54) is 4.31 Å².